The average Bonchev–Trinajstić information content (AvgIpc) is 1.23. The van der Waals surface area contributed by atoms with Crippen molar-refractivity contribution < 1.29 is 32.0 Å². The van der Waals surface area contributed by atoms with Crippen LogP contribution in [0, 0.1) is 0 Å². The van der Waals surface area contributed by atoms with Gasteiger partial charge in [0.2, 0.25) is 0 Å². The Labute approximate surface area is 51.2 Å². The van der Waals surface area contributed by atoms with Gasteiger partial charge in [-0.05, 0) is 0 Å². The summed E-state index contributed by atoms with van der Waals surface area (Å²) >= 11 is -0.161. The van der Waals surface area contributed by atoms with Crippen LogP contribution in [0.2, 0.25) is 0 Å². The quantitative estimate of drug-likeness (QED) is 0.191. The van der Waals surface area contributed by atoms with E-state index in [-0.39, 0.29) is 21.8 Å². The summed E-state index contributed by atoms with van der Waals surface area (Å²) in [5, 5.41) is 16.4. The Kier molecular flexibility index (Phi) is 1.13. The zero-order valence-corrected chi connectivity index (χ0v) is 5.43. The summed E-state index contributed by atoms with van der Waals surface area (Å²) in [4.78, 5) is 0. The topological polar surface area (TPSA) is 64.5 Å². The number of halogens is 1. The second-order valence-electron chi connectivity index (χ2n) is 0.982. The second kappa shape index (κ2) is 1.65. The Hall–Kier alpha value is -0.330. The monoisotopic (exact) mass is 215 g/mol. The van der Waals surface area contributed by atoms with Gasteiger partial charge >= 0.3 is 50.8 Å². The van der Waals surface area contributed by atoms with Gasteiger partial charge in [0.15, 0.2) is 0 Å². The number of rotatable bonds is 0. The number of nitrogens with one attached hydrogen (secondary N) is 2. The van der Waals surface area contributed by atoms with Crippen molar-refractivity contribution in [3.63, 3.8) is 0 Å². The summed E-state index contributed by atoms with van der Waals surface area (Å²) in [5.41, 5.74) is 0. The van der Waals surface area contributed by atoms with E-state index in [1.165, 1.54) is 0 Å². The van der Waals surface area contributed by atoms with E-state index in [1.807, 2.05) is 0 Å². The number of hydrogen-bond acceptors (Lipinski definition) is 4. The molecule has 0 atom stereocenters. The van der Waals surface area contributed by atoms with E-state index in [9.17, 15) is 0 Å². The van der Waals surface area contributed by atoms with E-state index in [1.54, 1.807) is 0 Å². The number of hydrogen-bond donors (Lipinski definition) is 4. The molecule has 0 aromatic carbocycles. The van der Waals surface area contributed by atoms with Gasteiger partial charge in [0.05, 0.1) is 0 Å². The van der Waals surface area contributed by atoms with Gasteiger partial charge in [-0.15, -0.1) is 0 Å². The molecule has 1 rings (SSSR count). The Morgan fingerprint density at radius 1 is 1.43 bits per heavy atom. The molecular weight excluding hydrogens is 211 g/mol. The third-order valence-corrected chi connectivity index (χ3v) is 2.13. The Morgan fingerprint density at radius 2 is 2.00 bits per heavy atom. The summed E-state index contributed by atoms with van der Waals surface area (Å²) in [6, 6.07) is 0. The van der Waals surface area contributed by atoms with Gasteiger partial charge in [0, 0.05) is 0 Å². The van der Waals surface area contributed by atoms with Crippen LogP contribution < -0.4 is 28.8 Å². The van der Waals surface area contributed by atoms with E-state index in [0.29, 0.717) is 5.82 Å². The van der Waals surface area contributed by atoms with Crippen LogP contribution in [0.4, 0.5) is 0 Å². The fourth-order valence-corrected chi connectivity index (χ4v) is 1.20. The molecule has 1 aliphatic rings. The Bertz CT molecular complexity index is 102. The minimum atomic E-state index is -0.647. The van der Waals surface area contributed by atoms with E-state index < -0.39 is 5.95 Å². The molecule has 42 valence electrons. The second-order valence-corrected chi connectivity index (χ2v) is 2.60. The predicted octanol–water partition coefficient (Wildman–Crippen LogP) is -3.66. The first-order valence-electron chi connectivity index (χ1n) is 1.58. The standard InChI is InChI=1S/C2H4IN2O2/c6-2(7)1-4-3-5-1/h4-7H/q-1. The van der Waals surface area contributed by atoms with Gasteiger partial charge < -0.3 is 0 Å². The molecular formula is C2H4IN2O2-. The molecule has 0 saturated carbocycles. The summed E-state index contributed by atoms with van der Waals surface area (Å²) in [5.74, 6) is -0.293. The van der Waals surface area contributed by atoms with Crippen molar-refractivity contribution in [2.75, 3.05) is 0 Å². The molecule has 4 N–H and O–H groups in total. The third kappa shape index (κ3) is 0.817. The van der Waals surface area contributed by atoms with Crippen molar-refractivity contribution >= 4 is 0 Å². The molecule has 0 unspecified atom stereocenters. The van der Waals surface area contributed by atoms with Crippen LogP contribution in [0.3, 0.4) is 0 Å². The van der Waals surface area contributed by atoms with Crippen LogP contribution >= 0.6 is 0 Å². The Balaban J connectivity index is 2.52. The summed E-state index contributed by atoms with van der Waals surface area (Å²) in [6.45, 7) is 0. The van der Waals surface area contributed by atoms with E-state index in [4.69, 9.17) is 10.2 Å². The van der Waals surface area contributed by atoms with Crippen LogP contribution in [0.15, 0.2) is 11.8 Å². The molecule has 5 heteroatoms. The molecule has 0 aromatic rings. The first-order valence-corrected chi connectivity index (χ1v) is 3.73. The van der Waals surface area contributed by atoms with Gasteiger partial charge in [-0.2, -0.15) is 0 Å². The van der Waals surface area contributed by atoms with Crippen LogP contribution in [0.1, 0.15) is 0 Å². The summed E-state index contributed by atoms with van der Waals surface area (Å²) in [7, 11) is 0. The third-order valence-electron chi connectivity index (χ3n) is 0.507. The number of aliphatic hydroxyl groups excluding tert-OH is 1. The fraction of sp³-hybridized carbons (Fsp3) is 0. The average molecular weight is 215 g/mol. The van der Waals surface area contributed by atoms with Crippen molar-refractivity contribution in [2.45, 2.75) is 0 Å². The molecule has 1 aliphatic heterocycles. The van der Waals surface area contributed by atoms with Gasteiger partial charge in [-0.1, -0.05) is 0 Å². The van der Waals surface area contributed by atoms with Crippen molar-refractivity contribution in [3.8, 4) is 0 Å². The molecule has 1 heterocycles. The van der Waals surface area contributed by atoms with E-state index >= 15 is 0 Å². The van der Waals surface area contributed by atoms with Crippen LogP contribution in [0.25, 0.3) is 0 Å². The SMILES string of the molecule is OC(O)=C1N[I-]N1. The summed E-state index contributed by atoms with van der Waals surface area (Å²) in [6.07, 6.45) is 0. The maximum atomic E-state index is 8.20. The maximum absolute atomic E-state index is 8.20. The van der Waals surface area contributed by atoms with Crippen LogP contribution in [0.5, 0.6) is 0 Å². The normalized spacial score (nSPS) is 17.4. The molecule has 1 fully saturated rings. The van der Waals surface area contributed by atoms with Gasteiger partial charge in [-0.3, -0.25) is 0 Å². The fourth-order valence-electron chi connectivity index (χ4n) is 0.179. The zero-order chi connectivity index (χ0) is 5.28. The molecule has 0 radical (unpaired) electrons. The molecule has 1 saturated heterocycles. The van der Waals surface area contributed by atoms with Crippen LogP contribution in [-0.2, 0) is 0 Å². The molecule has 0 bridgehead atoms. The first-order chi connectivity index (χ1) is 3.30. The minimum absolute atomic E-state index is 0.161. The van der Waals surface area contributed by atoms with Gasteiger partial charge in [0.25, 0.3) is 0 Å². The molecule has 0 spiro atoms. The predicted molar refractivity (Wildman–Crippen MR) is 18.6 cm³/mol. The van der Waals surface area contributed by atoms with Crippen molar-refractivity contribution in [1.82, 2.24) is 7.06 Å². The van der Waals surface area contributed by atoms with Crippen molar-refractivity contribution in [1.29, 1.82) is 0 Å². The van der Waals surface area contributed by atoms with Gasteiger partial charge in [0.1, 0.15) is 0 Å². The summed E-state index contributed by atoms with van der Waals surface area (Å²) < 4.78 is 5.45. The first kappa shape index (κ1) is 4.82. The van der Waals surface area contributed by atoms with Crippen molar-refractivity contribution in [3.05, 3.63) is 11.8 Å². The van der Waals surface area contributed by atoms with E-state index in [2.05, 4.69) is 7.06 Å². The molecule has 4 nitrogen and oxygen atoms in total. The molecule has 0 aromatic heterocycles. The molecule has 0 amide bonds. The van der Waals surface area contributed by atoms with Crippen LogP contribution in [-0.4, -0.2) is 10.2 Å². The van der Waals surface area contributed by atoms with Crippen molar-refractivity contribution in [2.24, 2.45) is 0 Å². The molecule has 7 heavy (non-hydrogen) atoms. The van der Waals surface area contributed by atoms with Gasteiger partial charge in [-0.25, -0.2) is 0 Å². The Morgan fingerprint density at radius 3 is 2.00 bits per heavy atom. The van der Waals surface area contributed by atoms with E-state index in [0.717, 1.165) is 0 Å². The molecule has 0 aliphatic carbocycles. The number of aliphatic hydroxyl groups is 2. The zero-order valence-electron chi connectivity index (χ0n) is 3.27.